The van der Waals surface area contributed by atoms with E-state index in [0.29, 0.717) is 25.2 Å². The zero-order chi connectivity index (χ0) is 26.2. The maximum absolute atomic E-state index is 13.8. The van der Waals surface area contributed by atoms with E-state index < -0.39 is 0 Å². The van der Waals surface area contributed by atoms with Crippen molar-refractivity contribution in [1.29, 1.82) is 0 Å². The van der Waals surface area contributed by atoms with Crippen molar-refractivity contribution >= 4 is 11.4 Å². The van der Waals surface area contributed by atoms with Crippen LogP contribution in [0.5, 0.6) is 11.5 Å². The molecule has 5 rings (SSSR count). The van der Waals surface area contributed by atoms with Crippen LogP contribution in [0.15, 0.2) is 78.4 Å². The number of unbranched alkanes of at least 4 members (excludes halogenated alkanes) is 2. The minimum absolute atomic E-state index is 0.0667. The van der Waals surface area contributed by atoms with Crippen LogP contribution < -0.4 is 9.47 Å². The molecule has 3 aromatic rings. The Balaban J connectivity index is 1.34. The van der Waals surface area contributed by atoms with Gasteiger partial charge in [0.05, 0.1) is 6.61 Å². The second-order valence-electron chi connectivity index (χ2n) is 10.4. The first-order valence-electron chi connectivity index (χ1n) is 14.3. The molecule has 4 nitrogen and oxygen atoms in total. The monoisotopic (exact) mass is 509 g/mol. The van der Waals surface area contributed by atoms with Crippen molar-refractivity contribution in [2.75, 3.05) is 32.8 Å². The topological polar surface area (TPSA) is 38.8 Å². The highest BCUT2D eigenvalue weighted by atomic mass is 16.5. The summed E-state index contributed by atoms with van der Waals surface area (Å²) in [6.45, 7) is 6.89. The molecule has 3 aromatic carbocycles. The van der Waals surface area contributed by atoms with Gasteiger partial charge < -0.3 is 9.47 Å². The molecule has 0 bridgehead atoms. The van der Waals surface area contributed by atoms with Gasteiger partial charge in [0, 0.05) is 24.1 Å². The fourth-order valence-electron chi connectivity index (χ4n) is 5.52. The minimum atomic E-state index is 0.0667. The van der Waals surface area contributed by atoms with Crippen molar-refractivity contribution in [3.63, 3.8) is 0 Å². The van der Waals surface area contributed by atoms with Crippen molar-refractivity contribution in [1.82, 2.24) is 4.90 Å². The Morgan fingerprint density at radius 3 is 2.42 bits per heavy atom. The Morgan fingerprint density at radius 1 is 0.816 bits per heavy atom. The first-order valence-corrected chi connectivity index (χ1v) is 14.3. The van der Waals surface area contributed by atoms with Crippen molar-refractivity contribution in [2.45, 2.75) is 51.9 Å². The molecule has 0 atom stereocenters. The van der Waals surface area contributed by atoms with Gasteiger partial charge in [-0.3, -0.25) is 9.69 Å². The Kier molecular flexibility index (Phi) is 8.93. The Bertz CT molecular complexity index is 1250. The lowest BCUT2D eigenvalue weighted by atomic mass is 9.94. The number of nitrogens with zero attached hydrogens (tertiary/aromatic N) is 1. The van der Waals surface area contributed by atoms with Crippen LogP contribution in [0.4, 0.5) is 0 Å². The zero-order valence-electron chi connectivity index (χ0n) is 22.6. The van der Waals surface area contributed by atoms with E-state index in [1.54, 1.807) is 0 Å². The standard InChI is InChI=1S/C34H39NO3/c1-2-3-9-22-37-30-13-10-12-28(24-30)34(36)32-25-27-11-5-6-14-31(27)33(32)26-15-17-29(18-16-26)38-23-21-35-19-7-4-8-20-35/h5-6,10-18,24H,2-4,7-9,19-23,25H2,1H3. The molecule has 38 heavy (non-hydrogen) atoms. The molecular weight excluding hydrogens is 470 g/mol. The maximum Gasteiger partial charge on any atom is 0.190 e. The summed E-state index contributed by atoms with van der Waals surface area (Å²) in [5.41, 5.74) is 5.93. The summed E-state index contributed by atoms with van der Waals surface area (Å²) in [6, 6.07) is 24.2. The highest BCUT2D eigenvalue weighted by Crippen LogP contribution is 2.39. The molecule has 2 aliphatic rings. The van der Waals surface area contributed by atoms with Gasteiger partial charge in [-0.1, -0.05) is 74.7 Å². The number of carbonyl (C=O) groups excluding carboxylic acids is 1. The second kappa shape index (κ2) is 12.9. The van der Waals surface area contributed by atoms with Gasteiger partial charge in [0.2, 0.25) is 0 Å². The molecule has 1 aliphatic heterocycles. The Hall–Kier alpha value is -3.37. The van der Waals surface area contributed by atoms with Crippen LogP contribution >= 0.6 is 0 Å². The number of likely N-dealkylation sites (tertiary alicyclic amines) is 1. The summed E-state index contributed by atoms with van der Waals surface area (Å²) in [7, 11) is 0. The number of ether oxygens (including phenoxy) is 2. The predicted molar refractivity (Wildman–Crippen MR) is 154 cm³/mol. The van der Waals surface area contributed by atoms with Gasteiger partial charge in [-0.05, 0) is 78.9 Å². The van der Waals surface area contributed by atoms with Crippen LogP contribution in [0, 0.1) is 0 Å². The molecule has 1 saturated heterocycles. The van der Waals surface area contributed by atoms with E-state index >= 15 is 0 Å². The molecule has 1 aliphatic carbocycles. The lowest BCUT2D eigenvalue weighted by Gasteiger charge is -2.26. The molecular formula is C34H39NO3. The van der Waals surface area contributed by atoms with E-state index in [-0.39, 0.29) is 5.78 Å². The minimum Gasteiger partial charge on any atom is -0.494 e. The fraction of sp³-hybridized carbons (Fsp3) is 0.382. The number of rotatable bonds is 12. The number of piperidine rings is 1. The third-order valence-corrected chi connectivity index (χ3v) is 7.61. The highest BCUT2D eigenvalue weighted by Gasteiger charge is 2.27. The van der Waals surface area contributed by atoms with Crippen LogP contribution in [0.2, 0.25) is 0 Å². The van der Waals surface area contributed by atoms with Gasteiger partial charge in [-0.15, -0.1) is 0 Å². The van der Waals surface area contributed by atoms with Gasteiger partial charge in [0.25, 0.3) is 0 Å². The van der Waals surface area contributed by atoms with Crippen LogP contribution in [-0.4, -0.2) is 43.5 Å². The van der Waals surface area contributed by atoms with Gasteiger partial charge in [-0.2, -0.15) is 0 Å². The summed E-state index contributed by atoms with van der Waals surface area (Å²) in [4.78, 5) is 16.3. The van der Waals surface area contributed by atoms with E-state index in [4.69, 9.17) is 9.47 Å². The van der Waals surface area contributed by atoms with Crippen LogP contribution in [0.3, 0.4) is 0 Å². The van der Waals surface area contributed by atoms with Gasteiger partial charge >= 0.3 is 0 Å². The maximum atomic E-state index is 13.8. The average molecular weight is 510 g/mol. The summed E-state index contributed by atoms with van der Waals surface area (Å²) in [5, 5.41) is 0. The number of carbonyl (C=O) groups is 1. The first kappa shape index (κ1) is 26.2. The predicted octanol–water partition coefficient (Wildman–Crippen LogP) is 7.36. The van der Waals surface area contributed by atoms with Crippen LogP contribution in [-0.2, 0) is 6.42 Å². The highest BCUT2D eigenvalue weighted by molar-refractivity contribution is 6.16. The number of Topliss-reactive ketones (excluding diaryl/α,β-unsaturated/α-hetero) is 1. The van der Waals surface area contributed by atoms with Crippen LogP contribution in [0.1, 0.15) is 72.5 Å². The fourth-order valence-corrected chi connectivity index (χ4v) is 5.52. The molecule has 0 aromatic heterocycles. The average Bonchev–Trinajstić information content (AvgIpc) is 3.36. The Labute approximate surface area is 227 Å². The van der Waals surface area contributed by atoms with Gasteiger partial charge in [0.15, 0.2) is 5.78 Å². The van der Waals surface area contributed by atoms with Gasteiger partial charge in [0.1, 0.15) is 18.1 Å². The van der Waals surface area contributed by atoms with Crippen LogP contribution in [0.25, 0.3) is 5.57 Å². The Morgan fingerprint density at radius 2 is 1.61 bits per heavy atom. The molecule has 1 heterocycles. The summed E-state index contributed by atoms with van der Waals surface area (Å²) < 4.78 is 12.0. The molecule has 0 radical (unpaired) electrons. The SMILES string of the molecule is CCCCCOc1cccc(C(=O)C2=C(c3ccc(OCCN4CCCCC4)cc3)c3ccccc3C2)c1. The number of hydrogen-bond donors (Lipinski definition) is 0. The zero-order valence-corrected chi connectivity index (χ0v) is 22.6. The quantitative estimate of drug-likeness (QED) is 0.189. The van der Waals surface area contributed by atoms with E-state index in [1.807, 2.05) is 42.5 Å². The van der Waals surface area contributed by atoms with E-state index in [9.17, 15) is 4.79 Å². The number of hydrogen-bond acceptors (Lipinski definition) is 4. The van der Waals surface area contributed by atoms with Crippen molar-refractivity contribution in [2.24, 2.45) is 0 Å². The molecule has 0 spiro atoms. The normalized spacial score (nSPS) is 15.4. The lowest BCUT2D eigenvalue weighted by molar-refractivity contribution is 0.103. The van der Waals surface area contributed by atoms with E-state index in [2.05, 4.69) is 42.2 Å². The molecule has 1 fully saturated rings. The summed E-state index contributed by atoms with van der Waals surface area (Å²) in [5.74, 6) is 1.70. The number of ketones is 1. The number of benzene rings is 3. The largest absolute Gasteiger partial charge is 0.494 e. The van der Waals surface area contributed by atoms with Crippen molar-refractivity contribution in [3.8, 4) is 11.5 Å². The number of fused-ring (bicyclic) bond motifs is 1. The third-order valence-electron chi connectivity index (χ3n) is 7.61. The lowest BCUT2D eigenvalue weighted by Crippen LogP contribution is -2.33. The summed E-state index contributed by atoms with van der Waals surface area (Å²) >= 11 is 0. The molecule has 0 unspecified atom stereocenters. The smallest absolute Gasteiger partial charge is 0.190 e. The van der Waals surface area contributed by atoms with Crippen molar-refractivity contribution < 1.29 is 14.3 Å². The number of allylic oxidation sites excluding steroid dienone is 1. The van der Waals surface area contributed by atoms with E-state index in [0.717, 1.165) is 59.6 Å². The molecule has 0 saturated carbocycles. The van der Waals surface area contributed by atoms with E-state index in [1.165, 1.54) is 37.9 Å². The summed E-state index contributed by atoms with van der Waals surface area (Å²) in [6.07, 6.45) is 7.91. The van der Waals surface area contributed by atoms with Crippen molar-refractivity contribution in [3.05, 3.63) is 101 Å². The molecule has 0 amide bonds. The van der Waals surface area contributed by atoms with Gasteiger partial charge in [-0.25, -0.2) is 0 Å². The molecule has 198 valence electrons. The molecule has 4 heteroatoms. The molecule has 0 N–H and O–H groups in total. The first-order chi connectivity index (χ1) is 18.7. The second-order valence-corrected chi connectivity index (χ2v) is 10.4. The third kappa shape index (κ3) is 6.36.